The largest absolute Gasteiger partial charge is 0.493 e. The molecule has 3 amide bonds. The minimum Gasteiger partial charge on any atom is -0.493 e. The molecule has 0 unspecified atom stereocenters. The molecule has 1 aliphatic rings. The molecule has 0 aliphatic carbocycles. The van der Waals surface area contributed by atoms with E-state index in [1.165, 1.54) is 20.4 Å². The molecule has 244 valence electrons. The van der Waals surface area contributed by atoms with Gasteiger partial charge < -0.3 is 34.3 Å². The van der Waals surface area contributed by atoms with Gasteiger partial charge in [0.25, 0.3) is 5.91 Å². The van der Waals surface area contributed by atoms with Crippen molar-refractivity contribution >= 4 is 46.7 Å². The number of benzene rings is 3. The SMILES string of the molecule is CCOC(=O)C1=C(C)NC(=O)N[C@@H]1c1ccc(OCC(=O)N/N=C/c2cc(I)cc(OC)c2OCc2ccc(C#N)cc2)c(OC)c1. The lowest BCUT2D eigenvalue weighted by Gasteiger charge is -2.28. The number of hydrogen-bond acceptors (Lipinski definition) is 10. The third kappa shape index (κ3) is 8.91. The van der Waals surface area contributed by atoms with Gasteiger partial charge >= 0.3 is 12.0 Å². The van der Waals surface area contributed by atoms with Crippen molar-refractivity contribution in [1.82, 2.24) is 16.1 Å². The Labute approximate surface area is 285 Å². The number of rotatable bonds is 13. The summed E-state index contributed by atoms with van der Waals surface area (Å²) >= 11 is 2.14. The molecule has 13 nitrogen and oxygen atoms in total. The van der Waals surface area contributed by atoms with E-state index in [1.807, 2.05) is 12.1 Å². The monoisotopic (exact) mass is 753 g/mol. The molecule has 1 heterocycles. The van der Waals surface area contributed by atoms with Gasteiger partial charge in [0.15, 0.2) is 29.6 Å². The Bertz CT molecular complexity index is 1750. The van der Waals surface area contributed by atoms with Crippen molar-refractivity contribution in [2.24, 2.45) is 5.10 Å². The Kier molecular flexibility index (Phi) is 12.0. The topological polar surface area (TPSA) is 170 Å². The van der Waals surface area contributed by atoms with Crippen molar-refractivity contribution in [2.45, 2.75) is 26.5 Å². The minimum atomic E-state index is -0.791. The molecule has 1 aliphatic heterocycles. The van der Waals surface area contributed by atoms with E-state index >= 15 is 0 Å². The normalized spacial score (nSPS) is 14.0. The molecule has 3 aromatic rings. The Morgan fingerprint density at radius 3 is 2.47 bits per heavy atom. The van der Waals surface area contributed by atoms with Crippen molar-refractivity contribution in [2.75, 3.05) is 27.4 Å². The van der Waals surface area contributed by atoms with Crippen molar-refractivity contribution in [3.8, 4) is 29.1 Å². The molecule has 0 spiro atoms. The maximum atomic E-state index is 12.6. The number of amides is 3. The average molecular weight is 754 g/mol. The minimum absolute atomic E-state index is 0.173. The number of halogens is 1. The van der Waals surface area contributed by atoms with Gasteiger partial charge in [0.05, 0.1) is 50.3 Å². The molecule has 0 bridgehead atoms. The standard InChI is InChI=1S/C33H32IN5O8/c1-5-45-32(41)29-19(2)37-33(42)38-30(29)22-10-11-25(26(13-22)43-3)46-18-28(40)39-36-16-23-12-24(34)14-27(44-4)31(23)47-17-21-8-6-20(15-35)7-9-21/h6-14,16,30H,5,17-18H2,1-4H3,(H,39,40)(H2,37,38,42)/b36-16+/t30-/m1/s1. The van der Waals surface area contributed by atoms with Crippen LogP contribution in [0.2, 0.25) is 0 Å². The maximum absolute atomic E-state index is 12.6. The number of nitrogens with zero attached hydrogens (tertiary/aromatic N) is 2. The molecule has 0 saturated carbocycles. The van der Waals surface area contributed by atoms with Crippen LogP contribution in [0.3, 0.4) is 0 Å². The highest BCUT2D eigenvalue weighted by Crippen LogP contribution is 2.35. The number of carbonyl (C=O) groups excluding carboxylic acids is 3. The average Bonchev–Trinajstić information content (AvgIpc) is 3.06. The zero-order valence-corrected chi connectivity index (χ0v) is 28.2. The number of esters is 1. The van der Waals surface area contributed by atoms with E-state index in [4.69, 9.17) is 28.9 Å². The highest BCUT2D eigenvalue weighted by Gasteiger charge is 2.32. The summed E-state index contributed by atoms with van der Waals surface area (Å²) in [6.45, 7) is 3.32. The molecule has 0 aromatic heterocycles. The second kappa shape index (κ2) is 16.3. The van der Waals surface area contributed by atoms with Gasteiger partial charge in [-0.05, 0) is 84.0 Å². The fourth-order valence-electron chi connectivity index (χ4n) is 4.58. The fraction of sp³-hybridized carbons (Fsp3) is 0.242. The molecule has 47 heavy (non-hydrogen) atoms. The first kappa shape index (κ1) is 34.6. The molecular weight excluding hydrogens is 721 g/mol. The van der Waals surface area contributed by atoms with Crippen LogP contribution in [-0.4, -0.2) is 51.6 Å². The number of hydrogen-bond donors (Lipinski definition) is 3. The predicted octanol–water partition coefficient (Wildman–Crippen LogP) is 4.48. The van der Waals surface area contributed by atoms with Crippen molar-refractivity contribution in [3.63, 3.8) is 0 Å². The van der Waals surface area contributed by atoms with Crippen LogP contribution < -0.4 is 35.0 Å². The number of methoxy groups -OCH3 is 2. The molecule has 0 saturated heterocycles. The third-order valence-electron chi connectivity index (χ3n) is 6.77. The molecule has 14 heteroatoms. The van der Waals surface area contributed by atoms with E-state index in [0.717, 1.165) is 9.13 Å². The van der Waals surface area contributed by atoms with Crippen molar-refractivity contribution in [3.05, 3.63) is 91.7 Å². The van der Waals surface area contributed by atoms with Gasteiger partial charge in [0.1, 0.15) is 6.61 Å². The number of urea groups is 1. The summed E-state index contributed by atoms with van der Waals surface area (Å²) in [5, 5.41) is 18.4. The Morgan fingerprint density at radius 2 is 1.79 bits per heavy atom. The molecule has 0 radical (unpaired) electrons. The van der Waals surface area contributed by atoms with E-state index in [-0.39, 0.29) is 36.9 Å². The second-order valence-electron chi connectivity index (χ2n) is 9.91. The van der Waals surface area contributed by atoms with E-state index in [0.29, 0.717) is 33.9 Å². The highest BCUT2D eigenvalue weighted by atomic mass is 127. The van der Waals surface area contributed by atoms with E-state index in [9.17, 15) is 14.4 Å². The summed E-state index contributed by atoms with van der Waals surface area (Å²) in [6.07, 6.45) is 1.44. The van der Waals surface area contributed by atoms with Crippen LogP contribution in [-0.2, 0) is 20.9 Å². The number of nitriles is 1. The van der Waals surface area contributed by atoms with Gasteiger partial charge in [-0.25, -0.2) is 15.0 Å². The third-order valence-corrected chi connectivity index (χ3v) is 7.39. The first-order valence-electron chi connectivity index (χ1n) is 14.2. The number of hydrazone groups is 1. The molecule has 0 fully saturated rings. The number of carbonyl (C=O) groups is 3. The van der Waals surface area contributed by atoms with Gasteiger partial charge in [0.2, 0.25) is 0 Å². The lowest BCUT2D eigenvalue weighted by atomic mass is 9.95. The van der Waals surface area contributed by atoms with E-state index < -0.39 is 23.9 Å². The first-order valence-corrected chi connectivity index (χ1v) is 15.3. The molecule has 3 aromatic carbocycles. The molecule has 3 N–H and O–H groups in total. The summed E-state index contributed by atoms with van der Waals surface area (Å²) in [5.74, 6) is 0.350. The fourth-order valence-corrected chi connectivity index (χ4v) is 5.20. The van der Waals surface area contributed by atoms with Crippen LogP contribution in [0, 0.1) is 14.9 Å². The van der Waals surface area contributed by atoms with Crippen LogP contribution in [0.25, 0.3) is 0 Å². The van der Waals surface area contributed by atoms with Crippen LogP contribution in [0.5, 0.6) is 23.0 Å². The maximum Gasteiger partial charge on any atom is 0.338 e. The second-order valence-corrected chi connectivity index (χ2v) is 11.2. The van der Waals surface area contributed by atoms with Crippen LogP contribution in [0.15, 0.2) is 71.0 Å². The van der Waals surface area contributed by atoms with Crippen LogP contribution >= 0.6 is 22.6 Å². The van der Waals surface area contributed by atoms with Gasteiger partial charge in [-0.2, -0.15) is 10.4 Å². The Morgan fingerprint density at radius 1 is 1.04 bits per heavy atom. The Balaban J connectivity index is 1.42. The highest BCUT2D eigenvalue weighted by molar-refractivity contribution is 14.1. The van der Waals surface area contributed by atoms with E-state index in [2.05, 4.69) is 49.8 Å². The summed E-state index contributed by atoms with van der Waals surface area (Å²) in [5.41, 5.74) is 5.59. The van der Waals surface area contributed by atoms with Crippen molar-refractivity contribution in [1.29, 1.82) is 5.26 Å². The van der Waals surface area contributed by atoms with Gasteiger partial charge in [-0.15, -0.1) is 0 Å². The smallest absolute Gasteiger partial charge is 0.338 e. The lowest BCUT2D eigenvalue weighted by molar-refractivity contribution is -0.139. The summed E-state index contributed by atoms with van der Waals surface area (Å²) < 4.78 is 28.8. The summed E-state index contributed by atoms with van der Waals surface area (Å²) in [7, 11) is 2.96. The molecule has 4 rings (SSSR count). The van der Waals surface area contributed by atoms with Crippen LogP contribution in [0.4, 0.5) is 4.79 Å². The lowest BCUT2D eigenvalue weighted by Crippen LogP contribution is -2.45. The number of nitrogens with one attached hydrogen (secondary N) is 3. The predicted molar refractivity (Wildman–Crippen MR) is 179 cm³/mol. The van der Waals surface area contributed by atoms with Gasteiger partial charge in [-0.3, -0.25) is 4.79 Å². The number of ether oxygens (including phenoxy) is 5. The number of allylic oxidation sites excluding steroid dienone is 1. The zero-order chi connectivity index (χ0) is 33.9. The quantitative estimate of drug-likeness (QED) is 0.0987. The molecule has 1 atom stereocenters. The van der Waals surface area contributed by atoms with Gasteiger partial charge in [0, 0.05) is 14.8 Å². The molecular formula is C33H32IN5O8. The van der Waals surface area contributed by atoms with Crippen LogP contribution in [0.1, 0.15) is 42.1 Å². The summed E-state index contributed by atoms with van der Waals surface area (Å²) in [6, 6.07) is 16.3. The first-order chi connectivity index (χ1) is 22.7. The van der Waals surface area contributed by atoms with Gasteiger partial charge in [-0.1, -0.05) is 18.2 Å². The summed E-state index contributed by atoms with van der Waals surface area (Å²) in [4.78, 5) is 37.5. The van der Waals surface area contributed by atoms with Crippen molar-refractivity contribution < 1.29 is 38.1 Å². The Hall–Kier alpha value is -5.30. The van der Waals surface area contributed by atoms with E-state index in [1.54, 1.807) is 56.3 Å². The zero-order valence-electron chi connectivity index (χ0n) is 26.0.